The molecule has 4 rings (SSSR count). The average molecular weight is 435 g/mol. The van der Waals surface area contributed by atoms with Gasteiger partial charge >= 0.3 is 5.97 Å². The van der Waals surface area contributed by atoms with Gasteiger partial charge < -0.3 is 4.74 Å². The standard InChI is InChI=1S/C26H20F3NO2/c1-2-3-4-15-5-7-18-16(11-15)6-8-20-19(18)9-10-21(25(20)29)26(31)32-17-12-23(27)22(14-30)24(28)13-17/h5,7,9-13H,2-4,6,8H2,1H3. The van der Waals surface area contributed by atoms with Gasteiger partial charge in [0.2, 0.25) is 0 Å². The molecule has 3 aromatic rings. The minimum Gasteiger partial charge on any atom is -0.423 e. The number of hydrogen-bond acceptors (Lipinski definition) is 3. The van der Waals surface area contributed by atoms with Crippen LogP contribution in [0, 0.1) is 28.8 Å². The Hall–Kier alpha value is -3.59. The molecule has 6 heteroatoms. The third-order valence-corrected chi connectivity index (χ3v) is 5.72. The Morgan fingerprint density at radius 3 is 2.44 bits per heavy atom. The van der Waals surface area contributed by atoms with Crippen LogP contribution in [0.2, 0.25) is 0 Å². The molecule has 0 saturated heterocycles. The predicted octanol–water partition coefficient (Wildman–Crippen LogP) is 6.30. The van der Waals surface area contributed by atoms with Crippen LogP contribution < -0.4 is 4.74 Å². The number of benzene rings is 3. The monoisotopic (exact) mass is 435 g/mol. The highest BCUT2D eigenvalue weighted by molar-refractivity contribution is 5.93. The number of rotatable bonds is 5. The van der Waals surface area contributed by atoms with Gasteiger partial charge in [-0.3, -0.25) is 0 Å². The van der Waals surface area contributed by atoms with Crippen molar-refractivity contribution in [1.29, 1.82) is 5.26 Å². The Balaban J connectivity index is 1.62. The largest absolute Gasteiger partial charge is 0.423 e. The zero-order valence-electron chi connectivity index (χ0n) is 17.5. The van der Waals surface area contributed by atoms with E-state index in [1.807, 2.05) is 6.07 Å². The predicted molar refractivity (Wildman–Crippen MR) is 114 cm³/mol. The van der Waals surface area contributed by atoms with E-state index in [-0.39, 0.29) is 5.56 Å². The van der Waals surface area contributed by atoms with Crippen LogP contribution in [-0.2, 0) is 19.3 Å². The van der Waals surface area contributed by atoms with Crippen molar-refractivity contribution in [2.75, 3.05) is 0 Å². The lowest BCUT2D eigenvalue weighted by Crippen LogP contribution is -2.15. The topological polar surface area (TPSA) is 50.1 Å². The molecule has 0 bridgehead atoms. The summed E-state index contributed by atoms with van der Waals surface area (Å²) in [7, 11) is 0. The van der Waals surface area contributed by atoms with Crippen molar-refractivity contribution in [3.8, 4) is 22.9 Å². The smallest absolute Gasteiger partial charge is 0.346 e. The van der Waals surface area contributed by atoms with Gasteiger partial charge in [0.1, 0.15) is 34.8 Å². The molecule has 0 saturated carbocycles. The molecule has 32 heavy (non-hydrogen) atoms. The van der Waals surface area contributed by atoms with Crippen LogP contribution in [0.15, 0.2) is 42.5 Å². The zero-order chi connectivity index (χ0) is 22.8. The first-order chi connectivity index (χ1) is 15.4. The Kier molecular flexibility index (Phi) is 6.00. The lowest BCUT2D eigenvalue weighted by atomic mass is 9.83. The van der Waals surface area contributed by atoms with Gasteiger partial charge in [-0.25, -0.2) is 18.0 Å². The molecule has 3 nitrogen and oxygen atoms in total. The van der Waals surface area contributed by atoms with Crippen molar-refractivity contribution in [3.63, 3.8) is 0 Å². The molecule has 0 unspecified atom stereocenters. The molecule has 0 radical (unpaired) electrons. The molecule has 162 valence electrons. The molecule has 0 heterocycles. The highest BCUT2D eigenvalue weighted by Gasteiger charge is 2.25. The van der Waals surface area contributed by atoms with Gasteiger partial charge in [0.25, 0.3) is 0 Å². The van der Waals surface area contributed by atoms with Crippen LogP contribution >= 0.6 is 0 Å². The van der Waals surface area contributed by atoms with E-state index in [2.05, 4.69) is 19.1 Å². The molecular weight excluding hydrogens is 415 g/mol. The van der Waals surface area contributed by atoms with Crippen molar-refractivity contribution < 1.29 is 22.7 Å². The van der Waals surface area contributed by atoms with Crippen LogP contribution in [0.4, 0.5) is 13.2 Å². The van der Waals surface area contributed by atoms with Crippen molar-refractivity contribution in [1.82, 2.24) is 0 Å². The number of aryl methyl sites for hydroxylation is 2. The quantitative estimate of drug-likeness (QED) is 0.349. The lowest BCUT2D eigenvalue weighted by Gasteiger charge is -2.22. The van der Waals surface area contributed by atoms with Gasteiger partial charge in [-0.1, -0.05) is 37.6 Å². The maximum absolute atomic E-state index is 15.2. The summed E-state index contributed by atoms with van der Waals surface area (Å²) in [6.45, 7) is 2.15. The molecule has 0 amide bonds. The molecule has 0 atom stereocenters. The molecule has 1 aliphatic carbocycles. The first kappa shape index (κ1) is 21.6. The molecule has 0 spiro atoms. The zero-order valence-corrected chi connectivity index (χ0v) is 17.5. The molecule has 0 N–H and O–H groups in total. The van der Waals surface area contributed by atoms with Crippen LogP contribution in [0.3, 0.4) is 0 Å². The van der Waals surface area contributed by atoms with E-state index in [9.17, 15) is 13.6 Å². The Bertz CT molecular complexity index is 1240. The van der Waals surface area contributed by atoms with Gasteiger partial charge in [0.05, 0.1) is 5.56 Å². The third kappa shape index (κ3) is 3.99. The minimum absolute atomic E-state index is 0.308. The van der Waals surface area contributed by atoms with Gasteiger partial charge in [-0.05, 0) is 59.6 Å². The number of halogens is 3. The van der Waals surface area contributed by atoms with Crippen molar-refractivity contribution in [3.05, 3.63) is 87.7 Å². The summed E-state index contributed by atoms with van der Waals surface area (Å²) in [6.07, 6.45) is 4.33. The highest BCUT2D eigenvalue weighted by atomic mass is 19.1. The number of ether oxygens (including phenoxy) is 1. The van der Waals surface area contributed by atoms with Gasteiger partial charge in [0.15, 0.2) is 0 Å². The summed E-state index contributed by atoms with van der Waals surface area (Å²) < 4.78 is 47.8. The second-order valence-corrected chi connectivity index (χ2v) is 7.81. The van der Waals surface area contributed by atoms with Gasteiger partial charge in [0, 0.05) is 12.1 Å². The second kappa shape index (κ2) is 8.88. The molecule has 1 aliphatic rings. The van der Waals surface area contributed by atoms with Crippen LogP contribution in [0.25, 0.3) is 11.1 Å². The number of esters is 1. The van der Waals surface area contributed by atoms with Crippen LogP contribution in [0.5, 0.6) is 5.75 Å². The van der Waals surface area contributed by atoms with Gasteiger partial charge in [-0.15, -0.1) is 0 Å². The first-order valence-electron chi connectivity index (χ1n) is 10.5. The number of nitrogens with zero attached hydrogens (tertiary/aromatic N) is 1. The van der Waals surface area contributed by atoms with E-state index < -0.39 is 34.7 Å². The fraction of sp³-hybridized carbons (Fsp3) is 0.231. The van der Waals surface area contributed by atoms with E-state index in [4.69, 9.17) is 10.00 Å². The summed E-state index contributed by atoms with van der Waals surface area (Å²) in [5.74, 6) is -4.50. The Morgan fingerprint density at radius 2 is 1.75 bits per heavy atom. The summed E-state index contributed by atoms with van der Waals surface area (Å²) in [5.41, 5.74) is 3.43. The third-order valence-electron chi connectivity index (χ3n) is 5.72. The summed E-state index contributed by atoms with van der Waals surface area (Å²) in [4.78, 5) is 12.5. The average Bonchev–Trinajstić information content (AvgIpc) is 2.77. The van der Waals surface area contributed by atoms with E-state index in [1.165, 1.54) is 17.7 Å². The van der Waals surface area contributed by atoms with E-state index in [0.717, 1.165) is 48.1 Å². The lowest BCUT2D eigenvalue weighted by molar-refractivity contribution is 0.0729. The number of nitriles is 1. The summed E-state index contributed by atoms with van der Waals surface area (Å²) >= 11 is 0. The van der Waals surface area contributed by atoms with Gasteiger partial charge in [-0.2, -0.15) is 5.26 Å². The number of unbranched alkanes of at least 4 members (excludes halogenated alkanes) is 1. The SMILES string of the molecule is CCCCc1ccc2c(c1)CCc1c-2ccc(C(=O)Oc2cc(F)c(C#N)c(F)c2)c1F. The Morgan fingerprint density at radius 1 is 1.03 bits per heavy atom. The maximum atomic E-state index is 15.2. The molecular formula is C26H20F3NO2. The van der Waals surface area contributed by atoms with Crippen LogP contribution in [0.1, 0.15) is 52.4 Å². The second-order valence-electron chi connectivity index (χ2n) is 7.81. The number of carbonyl (C=O) groups excluding carboxylic acids is 1. The van der Waals surface area contributed by atoms with E-state index in [0.29, 0.717) is 18.4 Å². The maximum Gasteiger partial charge on any atom is 0.346 e. The Labute approximate surface area is 184 Å². The fourth-order valence-corrected chi connectivity index (χ4v) is 4.07. The van der Waals surface area contributed by atoms with Crippen molar-refractivity contribution in [2.24, 2.45) is 0 Å². The van der Waals surface area contributed by atoms with E-state index >= 15 is 4.39 Å². The number of hydrogen-bond donors (Lipinski definition) is 0. The van der Waals surface area contributed by atoms with E-state index in [1.54, 1.807) is 6.07 Å². The normalized spacial score (nSPS) is 12.0. The molecule has 0 aromatic heterocycles. The number of fused-ring (bicyclic) bond motifs is 3. The fourth-order valence-electron chi connectivity index (χ4n) is 4.07. The summed E-state index contributed by atoms with van der Waals surface area (Å²) in [6, 6.07) is 12.1. The molecule has 0 aliphatic heterocycles. The summed E-state index contributed by atoms with van der Waals surface area (Å²) in [5, 5.41) is 8.73. The number of carbonyl (C=O) groups is 1. The minimum atomic E-state index is -1.16. The van der Waals surface area contributed by atoms with Crippen LogP contribution in [-0.4, -0.2) is 5.97 Å². The first-order valence-corrected chi connectivity index (χ1v) is 10.5. The molecule has 0 fully saturated rings. The highest BCUT2D eigenvalue weighted by Crippen LogP contribution is 2.37. The van der Waals surface area contributed by atoms with Crippen molar-refractivity contribution in [2.45, 2.75) is 39.0 Å². The molecule has 3 aromatic carbocycles. The van der Waals surface area contributed by atoms with Crippen molar-refractivity contribution >= 4 is 5.97 Å².